The lowest BCUT2D eigenvalue weighted by atomic mass is 9.69. The quantitative estimate of drug-likeness (QED) is 0.616. The van der Waals surface area contributed by atoms with E-state index in [0.717, 1.165) is 10.0 Å². The van der Waals surface area contributed by atoms with E-state index >= 15 is 0 Å². The highest BCUT2D eigenvalue weighted by atomic mass is 79.9. The van der Waals surface area contributed by atoms with Crippen molar-refractivity contribution in [2.24, 2.45) is 0 Å². The molecule has 2 aromatic rings. The first kappa shape index (κ1) is 19.6. The molecule has 1 aromatic heterocycles. The Labute approximate surface area is 167 Å². The Morgan fingerprint density at radius 2 is 1.70 bits per heavy atom. The molecule has 1 aliphatic carbocycles. The van der Waals surface area contributed by atoms with Crippen LogP contribution in [0.2, 0.25) is 0 Å². The second-order valence-electron chi connectivity index (χ2n) is 6.67. The van der Waals surface area contributed by atoms with Crippen LogP contribution in [0.25, 0.3) is 11.3 Å². The molecule has 1 heterocycles. The largest absolute Gasteiger partial charge is 0.500 e. The maximum atomic E-state index is 13.0. The third-order valence-electron chi connectivity index (χ3n) is 5.49. The van der Waals surface area contributed by atoms with Crippen LogP contribution < -0.4 is 5.43 Å². The Bertz CT molecular complexity index is 963. The second-order valence-corrected chi connectivity index (χ2v) is 7.59. The van der Waals surface area contributed by atoms with Crippen LogP contribution in [0, 0.1) is 0 Å². The van der Waals surface area contributed by atoms with E-state index in [-0.39, 0.29) is 16.8 Å². The Kier molecular flexibility index (Phi) is 5.43. The number of benzene rings is 1. The molecule has 0 N–H and O–H groups in total. The predicted octanol–water partition coefficient (Wildman–Crippen LogP) is 5.63. The van der Waals surface area contributed by atoms with Gasteiger partial charge < -0.3 is 9.15 Å². The van der Waals surface area contributed by atoms with E-state index in [2.05, 4.69) is 15.9 Å². The molecular weight excluding hydrogens is 408 g/mol. The molecule has 27 heavy (non-hydrogen) atoms. The number of hydrogen-bond acceptors (Lipinski definition) is 4. The maximum Gasteiger partial charge on any atom is 0.199 e. The fraction of sp³-hybridized carbons (Fsp3) is 0.364. The summed E-state index contributed by atoms with van der Waals surface area (Å²) in [5.41, 5.74) is 0.588. The van der Waals surface area contributed by atoms with Gasteiger partial charge in [0.15, 0.2) is 11.2 Å². The van der Waals surface area contributed by atoms with Crippen molar-refractivity contribution in [3.8, 4) is 11.3 Å². The fourth-order valence-corrected chi connectivity index (χ4v) is 4.24. The highest BCUT2D eigenvalue weighted by Gasteiger charge is 2.47. The van der Waals surface area contributed by atoms with Gasteiger partial charge in [-0.15, -0.1) is 0 Å². The van der Waals surface area contributed by atoms with Crippen LogP contribution >= 0.6 is 15.9 Å². The molecule has 1 aliphatic rings. The van der Waals surface area contributed by atoms with Gasteiger partial charge in [-0.3, -0.25) is 9.59 Å². The minimum absolute atomic E-state index is 0.150. The number of ketones is 1. The summed E-state index contributed by atoms with van der Waals surface area (Å²) in [6.45, 7) is 5.97. The van der Waals surface area contributed by atoms with Crippen LogP contribution in [-0.4, -0.2) is 12.9 Å². The molecule has 0 spiro atoms. The van der Waals surface area contributed by atoms with Crippen molar-refractivity contribution < 1.29 is 13.9 Å². The molecule has 3 rings (SSSR count). The average Bonchev–Trinajstić information content (AvgIpc) is 2.68. The van der Waals surface area contributed by atoms with Crippen LogP contribution in [0.1, 0.15) is 56.2 Å². The standard InChI is InChI=1S/C22H23BrO4/c1-5-15-19(25)18-16(24)12-17(13-8-10-14(23)11-9-13)27-21(18)22(6-2,7-3)20(15)26-4/h8-12H,5-7H2,1-4H3. The molecule has 142 valence electrons. The van der Waals surface area contributed by atoms with E-state index < -0.39 is 5.41 Å². The van der Waals surface area contributed by atoms with E-state index in [1.807, 2.05) is 45.0 Å². The van der Waals surface area contributed by atoms with Crippen molar-refractivity contribution in [1.82, 2.24) is 0 Å². The summed E-state index contributed by atoms with van der Waals surface area (Å²) < 4.78 is 12.9. The van der Waals surface area contributed by atoms with Crippen LogP contribution in [0.5, 0.6) is 0 Å². The molecule has 0 amide bonds. The lowest BCUT2D eigenvalue weighted by Crippen LogP contribution is -2.39. The summed E-state index contributed by atoms with van der Waals surface area (Å²) in [6, 6.07) is 8.96. The second kappa shape index (κ2) is 7.47. The topological polar surface area (TPSA) is 56.5 Å². The molecule has 5 heteroatoms. The lowest BCUT2D eigenvalue weighted by molar-refractivity contribution is 0.0975. The van der Waals surface area contributed by atoms with E-state index in [1.54, 1.807) is 7.11 Å². The Morgan fingerprint density at radius 3 is 2.22 bits per heavy atom. The fourth-order valence-electron chi connectivity index (χ4n) is 3.98. The number of fused-ring (bicyclic) bond motifs is 1. The van der Waals surface area contributed by atoms with E-state index in [1.165, 1.54) is 6.07 Å². The third kappa shape index (κ3) is 2.98. The van der Waals surface area contributed by atoms with Gasteiger partial charge in [-0.05, 0) is 31.4 Å². The van der Waals surface area contributed by atoms with Gasteiger partial charge in [0.1, 0.15) is 22.8 Å². The zero-order chi connectivity index (χ0) is 19.8. The molecule has 0 saturated carbocycles. The van der Waals surface area contributed by atoms with Gasteiger partial charge in [-0.25, -0.2) is 0 Å². The Balaban J connectivity index is 2.35. The number of halogens is 1. The summed E-state index contributed by atoms with van der Waals surface area (Å²) in [5, 5.41) is 0. The van der Waals surface area contributed by atoms with Gasteiger partial charge in [0.25, 0.3) is 0 Å². The summed E-state index contributed by atoms with van der Waals surface area (Å²) in [6.07, 6.45) is 1.85. The Hall–Kier alpha value is -2.14. The number of methoxy groups -OCH3 is 1. The minimum atomic E-state index is -0.617. The van der Waals surface area contributed by atoms with Gasteiger partial charge in [-0.2, -0.15) is 0 Å². The van der Waals surface area contributed by atoms with Crippen LogP contribution in [-0.2, 0) is 10.2 Å². The highest BCUT2D eigenvalue weighted by molar-refractivity contribution is 9.10. The van der Waals surface area contributed by atoms with Crippen molar-refractivity contribution in [3.63, 3.8) is 0 Å². The highest BCUT2D eigenvalue weighted by Crippen LogP contribution is 2.47. The summed E-state index contributed by atoms with van der Waals surface area (Å²) in [4.78, 5) is 26.0. The molecule has 0 fully saturated rings. The first-order valence-corrected chi connectivity index (χ1v) is 9.99. The van der Waals surface area contributed by atoms with Gasteiger partial charge >= 0.3 is 0 Å². The number of rotatable bonds is 5. The molecule has 4 nitrogen and oxygen atoms in total. The van der Waals surface area contributed by atoms with Crippen molar-refractivity contribution in [2.75, 3.05) is 7.11 Å². The summed E-state index contributed by atoms with van der Waals surface area (Å²) in [7, 11) is 1.58. The average molecular weight is 431 g/mol. The van der Waals surface area contributed by atoms with Gasteiger partial charge in [0.05, 0.1) is 12.5 Å². The Morgan fingerprint density at radius 1 is 1.07 bits per heavy atom. The third-order valence-corrected chi connectivity index (χ3v) is 6.01. The summed E-state index contributed by atoms with van der Waals surface area (Å²) >= 11 is 3.41. The zero-order valence-electron chi connectivity index (χ0n) is 16.0. The number of carbonyl (C=O) groups excluding carboxylic acids is 1. The minimum Gasteiger partial charge on any atom is -0.500 e. The van der Waals surface area contributed by atoms with Crippen molar-refractivity contribution in [2.45, 2.75) is 45.4 Å². The smallest absolute Gasteiger partial charge is 0.199 e. The van der Waals surface area contributed by atoms with Crippen molar-refractivity contribution in [3.05, 3.63) is 67.7 Å². The van der Waals surface area contributed by atoms with Crippen LogP contribution in [0.3, 0.4) is 0 Å². The first-order valence-electron chi connectivity index (χ1n) is 9.20. The summed E-state index contributed by atoms with van der Waals surface area (Å²) in [5.74, 6) is 1.24. The molecule has 1 aromatic carbocycles. The molecular formula is C22H23BrO4. The number of Topliss-reactive ketones (excluding diaryl/α,β-unsaturated/α-hetero) is 1. The first-order chi connectivity index (χ1) is 12.9. The SMILES string of the molecule is CCC1=C(OC)C(CC)(CC)c2oc(-c3ccc(Br)cc3)cc(=O)c2C1=O. The number of allylic oxidation sites excluding steroid dienone is 2. The number of carbonyl (C=O) groups is 1. The normalized spacial score (nSPS) is 15.7. The van der Waals surface area contributed by atoms with Gasteiger partial charge in [0.2, 0.25) is 0 Å². The van der Waals surface area contributed by atoms with E-state index in [4.69, 9.17) is 9.15 Å². The zero-order valence-corrected chi connectivity index (χ0v) is 17.6. The van der Waals surface area contributed by atoms with Crippen LogP contribution in [0.4, 0.5) is 0 Å². The molecule has 0 aliphatic heterocycles. The molecule has 0 radical (unpaired) electrons. The maximum absolute atomic E-state index is 13.0. The number of hydrogen-bond donors (Lipinski definition) is 0. The van der Waals surface area contributed by atoms with Crippen molar-refractivity contribution in [1.29, 1.82) is 0 Å². The van der Waals surface area contributed by atoms with Gasteiger partial charge in [0, 0.05) is 21.7 Å². The van der Waals surface area contributed by atoms with Gasteiger partial charge in [-0.1, -0.05) is 48.8 Å². The molecule has 0 saturated heterocycles. The van der Waals surface area contributed by atoms with E-state index in [9.17, 15) is 9.59 Å². The lowest BCUT2D eigenvalue weighted by Gasteiger charge is -2.37. The van der Waals surface area contributed by atoms with Crippen LogP contribution in [0.15, 0.2) is 55.3 Å². The molecule has 0 atom stereocenters. The molecule has 0 bridgehead atoms. The van der Waals surface area contributed by atoms with E-state index in [0.29, 0.717) is 42.1 Å². The predicted molar refractivity (Wildman–Crippen MR) is 109 cm³/mol. The monoisotopic (exact) mass is 430 g/mol. The molecule has 0 unspecified atom stereocenters. The number of ether oxygens (including phenoxy) is 1. The van der Waals surface area contributed by atoms with Crippen molar-refractivity contribution >= 4 is 21.7 Å².